The fourth-order valence-corrected chi connectivity index (χ4v) is 3.66. The molecule has 0 spiro atoms. The molecule has 0 fully saturated rings. The van der Waals surface area contributed by atoms with Crippen LogP contribution < -0.4 is 10.9 Å². The molecule has 0 unspecified atom stereocenters. The van der Waals surface area contributed by atoms with Gasteiger partial charge in [-0.2, -0.15) is 5.10 Å². The van der Waals surface area contributed by atoms with Crippen molar-refractivity contribution in [1.82, 2.24) is 24.6 Å². The molecule has 4 aromatic rings. The molecule has 8 heteroatoms. The molecule has 4 rings (SSSR count). The molecule has 2 aromatic heterocycles. The van der Waals surface area contributed by atoms with Crippen molar-refractivity contribution in [2.75, 3.05) is 0 Å². The summed E-state index contributed by atoms with van der Waals surface area (Å²) >= 11 is 5.26. The van der Waals surface area contributed by atoms with E-state index in [1.165, 1.54) is 4.57 Å². The first kappa shape index (κ1) is 20.5. The average molecular weight is 432 g/mol. The zero-order valence-electron chi connectivity index (χ0n) is 16.7. The van der Waals surface area contributed by atoms with Gasteiger partial charge in [0.15, 0.2) is 4.77 Å². The minimum absolute atomic E-state index is 0.209. The third-order valence-corrected chi connectivity index (χ3v) is 5.23. The molecule has 156 valence electrons. The van der Waals surface area contributed by atoms with Gasteiger partial charge in [0.25, 0.3) is 11.5 Å². The molecule has 0 atom stereocenters. The molecule has 0 bridgehead atoms. The van der Waals surface area contributed by atoms with E-state index in [1.54, 1.807) is 30.5 Å². The van der Waals surface area contributed by atoms with E-state index in [0.717, 1.165) is 11.1 Å². The highest BCUT2D eigenvalue weighted by Gasteiger charge is 2.10. The van der Waals surface area contributed by atoms with Crippen LogP contribution in [0, 0.1) is 4.77 Å². The number of aromatic amines is 1. The minimum Gasteiger partial charge on any atom is -0.348 e. The molecule has 7 nitrogen and oxygen atoms in total. The number of carbonyl (C=O) groups is 1. The van der Waals surface area contributed by atoms with Crippen LogP contribution in [0.5, 0.6) is 0 Å². The normalized spacial score (nSPS) is 10.8. The number of nitrogens with one attached hydrogen (secondary N) is 2. The van der Waals surface area contributed by atoms with Crippen LogP contribution in [0.25, 0.3) is 10.9 Å². The van der Waals surface area contributed by atoms with Crippen molar-refractivity contribution >= 4 is 29.0 Å². The lowest BCUT2D eigenvalue weighted by Crippen LogP contribution is -2.24. The molecule has 2 heterocycles. The Kier molecular flexibility index (Phi) is 5.90. The zero-order chi connectivity index (χ0) is 21.8. The Hall–Kier alpha value is -3.78. The molecule has 31 heavy (non-hydrogen) atoms. The standard InChI is InChI=1S/C23H21N5O2S/c1-2-10-28-22(30)19-8-7-18(13-20(19)26-23(28)31)21(29)24-14-16-5-3-6-17(12-16)15-27-11-4-9-25-27/h2-9,11-13H,1,10,14-15H2,(H,24,29)(H,26,31). The second-order valence-electron chi connectivity index (χ2n) is 7.10. The molecule has 0 aliphatic rings. The Morgan fingerprint density at radius 2 is 2.03 bits per heavy atom. The van der Waals surface area contributed by atoms with Gasteiger partial charge in [-0.05, 0) is 47.6 Å². The van der Waals surface area contributed by atoms with E-state index < -0.39 is 0 Å². The van der Waals surface area contributed by atoms with Crippen LogP contribution >= 0.6 is 12.2 Å². The van der Waals surface area contributed by atoms with E-state index in [2.05, 4.69) is 22.0 Å². The van der Waals surface area contributed by atoms with Crippen LogP contribution in [0.15, 0.2) is 78.4 Å². The highest BCUT2D eigenvalue weighted by atomic mass is 32.1. The Balaban J connectivity index is 1.50. The molecular formula is C23H21N5O2S. The third kappa shape index (κ3) is 4.54. The van der Waals surface area contributed by atoms with E-state index >= 15 is 0 Å². The number of carbonyl (C=O) groups excluding carboxylic acids is 1. The number of hydrogen-bond donors (Lipinski definition) is 2. The predicted molar refractivity (Wildman–Crippen MR) is 123 cm³/mol. The van der Waals surface area contributed by atoms with Crippen molar-refractivity contribution in [3.63, 3.8) is 0 Å². The van der Waals surface area contributed by atoms with Crippen LogP contribution in [0.4, 0.5) is 0 Å². The maximum Gasteiger partial charge on any atom is 0.262 e. The van der Waals surface area contributed by atoms with Gasteiger partial charge in [-0.25, -0.2) is 0 Å². The topological polar surface area (TPSA) is 84.7 Å². The lowest BCUT2D eigenvalue weighted by atomic mass is 10.1. The summed E-state index contributed by atoms with van der Waals surface area (Å²) in [7, 11) is 0. The van der Waals surface area contributed by atoms with Crippen molar-refractivity contribution in [2.45, 2.75) is 19.6 Å². The SMILES string of the molecule is C=CCn1c(=S)[nH]c2cc(C(=O)NCc3cccc(Cn4cccn4)c3)ccc2c1=O. The lowest BCUT2D eigenvalue weighted by Gasteiger charge is -2.09. The average Bonchev–Trinajstić information content (AvgIpc) is 3.28. The van der Waals surface area contributed by atoms with Crippen molar-refractivity contribution in [2.24, 2.45) is 0 Å². The Morgan fingerprint density at radius 1 is 1.19 bits per heavy atom. The molecule has 2 aromatic carbocycles. The van der Waals surface area contributed by atoms with Crippen molar-refractivity contribution in [3.8, 4) is 0 Å². The van der Waals surface area contributed by atoms with Crippen LogP contribution in [0.3, 0.4) is 0 Å². The van der Waals surface area contributed by atoms with E-state index in [9.17, 15) is 9.59 Å². The van der Waals surface area contributed by atoms with Gasteiger partial charge >= 0.3 is 0 Å². The van der Waals surface area contributed by atoms with Gasteiger partial charge in [0.1, 0.15) is 0 Å². The van der Waals surface area contributed by atoms with Crippen molar-refractivity contribution < 1.29 is 4.79 Å². The second-order valence-corrected chi connectivity index (χ2v) is 7.49. The summed E-state index contributed by atoms with van der Waals surface area (Å²) in [6, 6.07) is 14.8. The molecule has 0 radical (unpaired) electrons. The predicted octanol–water partition coefficient (Wildman–Crippen LogP) is 3.42. The van der Waals surface area contributed by atoms with Crippen LogP contribution in [0.1, 0.15) is 21.5 Å². The highest BCUT2D eigenvalue weighted by molar-refractivity contribution is 7.71. The van der Waals surface area contributed by atoms with Crippen molar-refractivity contribution in [3.05, 3.63) is 105 Å². The molecule has 1 amide bonds. The van der Waals surface area contributed by atoms with E-state index in [1.807, 2.05) is 41.2 Å². The van der Waals surface area contributed by atoms with E-state index in [0.29, 0.717) is 40.9 Å². The number of nitrogens with zero attached hydrogens (tertiary/aromatic N) is 3. The number of rotatable bonds is 7. The molecule has 0 saturated heterocycles. The Bertz CT molecular complexity index is 1370. The van der Waals surface area contributed by atoms with Gasteiger partial charge in [-0.15, -0.1) is 6.58 Å². The largest absolute Gasteiger partial charge is 0.348 e. The Labute approximate surface area is 183 Å². The summed E-state index contributed by atoms with van der Waals surface area (Å²) in [4.78, 5) is 28.3. The highest BCUT2D eigenvalue weighted by Crippen LogP contribution is 2.12. The first-order valence-corrected chi connectivity index (χ1v) is 10.2. The maximum atomic E-state index is 12.7. The monoisotopic (exact) mass is 431 g/mol. The van der Waals surface area contributed by atoms with Gasteiger partial charge in [0.05, 0.1) is 17.4 Å². The quantitative estimate of drug-likeness (QED) is 0.347. The number of aromatic nitrogens is 4. The summed E-state index contributed by atoms with van der Waals surface area (Å²) in [5, 5.41) is 7.62. The summed E-state index contributed by atoms with van der Waals surface area (Å²) in [5.74, 6) is -0.228. The fourth-order valence-electron chi connectivity index (χ4n) is 3.39. The maximum absolute atomic E-state index is 12.7. The first-order chi connectivity index (χ1) is 15.0. The number of allylic oxidation sites excluding steroid dienone is 1. The van der Waals surface area contributed by atoms with Gasteiger partial charge < -0.3 is 10.3 Å². The number of hydrogen-bond acceptors (Lipinski definition) is 4. The molecule has 2 N–H and O–H groups in total. The van der Waals surface area contributed by atoms with Crippen LogP contribution in [-0.2, 0) is 19.6 Å². The summed E-state index contributed by atoms with van der Waals surface area (Å²) < 4.78 is 3.57. The second kappa shape index (κ2) is 8.93. The number of fused-ring (bicyclic) bond motifs is 1. The lowest BCUT2D eigenvalue weighted by molar-refractivity contribution is 0.0951. The van der Waals surface area contributed by atoms with Crippen LogP contribution in [-0.4, -0.2) is 25.2 Å². The molecular weight excluding hydrogens is 410 g/mol. The third-order valence-electron chi connectivity index (χ3n) is 4.90. The first-order valence-electron chi connectivity index (χ1n) is 9.76. The number of H-pyrrole nitrogens is 1. The van der Waals surface area contributed by atoms with Crippen LogP contribution in [0.2, 0.25) is 0 Å². The number of benzene rings is 2. The summed E-state index contributed by atoms with van der Waals surface area (Å²) in [5.41, 5.74) is 2.87. The van der Waals surface area contributed by atoms with E-state index in [4.69, 9.17) is 12.2 Å². The summed E-state index contributed by atoms with van der Waals surface area (Å²) in [6.45, 7) is 5.03. The van der Waals surface area contributed by atoms with Crippen molar-refractivity contribution in [1.29, 1.82) is 0 Å². The zero-order valence-corrected chi connectivity index (χ0v) is 17.6. The molecule has 0 aliphatic carbocycles. The van der Waals surface area contributed by atoms with Gasteiger partial charge in [0.2, 0.25) is 0 Å². The van der Waals surface area contributed by atoms with E-state index in [-0.39, 0.29) is 11.5 Å². The number of amides is 1. The van der Waals surface area contributed by atoms with Gasteiger partial charge in [0, 0.05) is 31.0 Å². The summed E-state index contributed by atoms with van der Waals surface area (Å²) in [6.07, 6.45) is 5.27. The minimum atomic E-state index is -0.228. The Morgan fingerprint density at radius 3 is 2.81 bits per heavy atom. The van der Waals surface area contributed by atoms with Gasteiger partial charge in [-0.1, -0.05) is 30.3 Å². The van der Waals surface area contributed by atoms with Gasteiger partial charge in [-0.3, -0.25) is 18.8 Å². The fraction of sp³-hybridized carbons (Fsp3) is 0.130. The molecule has 0 saturated carbocycles. The smallest absolute Gasteiger partial charge is 0.262 e. The molecule has 0 aliphatic heterocycles.